The van der Waals surface area contributed by atoms with E-state index in [-0.39, 0.29) is 0 Å². The molecule has 2 aromatic heterocycles. The van der Waals surface area contributed by atoms with E-state index in [9.17, 15) is 0 Å². The molecule has 3 heterocycles. The van der Waals surface area contributed by atoms with Gasteiger partial charge in [0.15, 0.2) is 5.76 Å². The summed E-state index contributed by atoms with van der Waals surface area (Å²) in [5.41, 5.74) is 0.834. The lowest BCUT2D eigenvalue weighted by atomic mass is 10.0. The van der Waals surface area contributed by atoms with Gasteiger partial charge in [0.25, 0.3) is 5.89 Å². The molecule has 3 aromatic rings. The van der Waals surface area contributed by atoms with E-state index in [2.05, 4.69) is 15.5 Å². The molecule has 1 fully saturated rings. The van der Waals surface area contributed by atoms with Crippen LogP contribution in [0.15, 0.2) is 39.2 Å². The van der Waals surface area contributed by atoms with Gasteiger partial charge in [-0.25, -0.2) is 0 Å². The molecule has 1 aliphatic rings. The molecule has 1 saturated heterocycles. The molecule has 1 aliphatic heterocycles. The van der Waals surface area contributed by atoms with E-state index < -0.39 is 0 Å². The summed E-state index contributed by atoms with van der Waals surface area (Å²) in [7, 11) is 0. The van der Waals surface area contributed by atoms with Gasteiger partial charge in [-0.05, 0) is 31.5 Å². The van der Waals surface area contributed by atoms with E-state index in [0.717, 1.165) is 23.9 Å². The first-order valence-electron chi connectivity index (χ1n) is 7.43. The summed E-state index contributed by atoms with van der Waals surface area (Å²) in [6.45, 7) is 1.08. The van der Waals surface area contributed by atoms with Crippen molar-refractivity contribution in [2.45, 2.75) is 31.7 Å². The van der Waals surface area contributed by atoms with Gasteiger partial charge in [0, 0.05) is 17.8 Å². The molecule has 5 heteroatoms. The molecule has 0 spiro atoms. The van der Waals surface area contributed by atoms with Crippen molar-refractivity contribution in [3.05, 3.63) is 36.2 Å². The van der Waals surface area contributed by atoms with Crippen LogP contribution in [0.2, 0.25) is 0 Å². The molecule has 1 atom stereocenters. The SMILES string of the molecule is c1ccc2oc(-c3nnc(CC4CCCCN4)o3)cc2c1. The number of rotatable bonds is 3. The van der Waals surface area contributed by atoms with Gasteiger partial charge < -0.3 is 14.2 Å². The molecule has 1 N–H and O–H groups in total. The zero-order chi connectivity index (χ0) is 14.1. The maximum atomic E-state index is 5.75. The predicted molar refractivity (Wildman–Crippen MR) is 78.9 cm³/mol. The van der Waals surface area contributed by atoms with Gasteiger partial charge >= 0.3 is 0 Å². The minimum Gasteiger partial charge on any atom is -0.451 e. The third-order valence-electron chi connectivity index (χ3n) is 3.94. The van der Waals surface area contributed by atoms with Crippen molar-refractivity contribution in [1.82, 2.24) is 15.5 Å². The smallest absolute Gasteiger partial charge is 0.283 e. The third kappa shape index (κ3) is 2.56. The zero-order valence-electron chi connectivity index (χ0n) is 11.7. The first-order chi connectivity index (χ1) is 10.4. The fraction of sp³-hybridized carbons (Fsp3) is 0.375. The van der Waals surface area contributed by atoms with Gasteiger partial charge in [0.2, 0.25) is 5.89 Å². The topological polar surface area (TPSA) is 64.1 Å². The van der Waals surface area contributed by atoms with Crippen molar-refractivity contribution >= 4 is 11.0 Å². The second kappa shape index (κ2) is 5.33. The lowest BCUT2D eigenvalue weighted by Crippen LogP contribution is -2.35. The van der Waals surface area contributed by atoms with Crippen LogP contribution in [0.5, 0.6) is 0 Å². The zero-order valence-corrected chi connectivity index (χ0v) is 11.7. The predicted octanol–water partition coefficient (Wildman–Crippen LogP) is 3.17. The number of hydrogen-bond donors (Lipinski definition) is 1. The number of furan rings is 1. The van der Waals surface area contributed by atoms with Crippen molar-refractivity contribution in [3.63, 3.8) is 0 Å². The van der Waals surface area contributed by atoms with Crippen LogP contribution in [0.4, 0.5) is 0 Å². The van der Waals surface area contributed by atoms with E-state index in [0.29, 0.717) is 23.6 Å². The average molecular weight is 283 g/mol. The number of aromatic nitrogens is 2. The molecule has 4 rings (SSSR count). The largest absolute Gasteiger partial charge is 0.451 e. The van der Waals surface area contributed by atoms with Crippen LogP contribution >= 0.6 is 0 Å². The molecule has 0 amide bonds. The van der Waals surface area contributed by atoms with Crippen LogP contribution in [-0.4, -0.2) is 22.8 Å². The lowest BCUT2D eigenvalue weighted by molar-refractivity contribution is 0.368. The Labute approximate surface area is 122 Å². The minimum absolute atomic E-state index is 0.447. The van der Waals surface area contributed by atoms with Crippen molar-refractivity contribution in [1.29, 1.82) is 0 Å². The highest BCUT2D eigenvalue weighted by molar-refractivity contribution is 5.81. The maximum Gasteiger partial charge on any atom is 0.283 e. The van der Waals surface area contributed by atoms with E-state index >= 15 is 0 Å². The summed E-state index contributed by atoms with van der Waals surface area (Å²) in [6.07, 6.45) is 4.47. The number of hydrogen-bond acceptors (Lipinski definition) is 5. The number of nitrogens with zero attached hydrogens (tertiary/aromatic N) is 2. The maximum absolute atomic E-state index is 5.75. The monoisotopic (exact) mass is 283 g/mol. The van der Waals surface area contributed by atoms with E-state index in [1.54, 1.807) is 0 Å². The molecule has 0 radical (unpaired) electrons. The molecular weight excluding hydrogens is 266 g/mol. The molecule has 0 aliphatic carbocycles. The van der Waals surface area contributed by atoms with Gasteiger partial charge in [0.1, 0.15) is 5.58 Å². The van der Waals surface area contributed by atoms with E-state index in [1.807, 2.05) is 30.3 Å². The fourth-order valence-corrected chi connectivity index (χ4v) is 2.83. The average Bonchev–Trinajstić information content (AvgIpc) is 3.14. The van der Waals surface area contributed by atoms with Crippen LogP contribution in [0.1, 0.15) is 25.2 Å². The van der Waals surface area contributed by atoms with Gasteiger partial charge in [-0.3, -0.25) is 0 Å². The van der Waals surface area contributed by atoms with Gasteiger partial charge in [-0.1, -0.05) is 24.6 Å². The Bertz CT molecular complexity index is 708. The highest BCUT2D eigenvalue weighted by Gasteiger charge is 2.18. The fourth-order valence-electron chi connectivity index (χ4n) is 2.83. The Morgan fingerprint density at radius 3 is 2.95 bits per heavy atom. The van der Waals surface area contributed by atoms with Crippen LogP contribution in [0.25, 0.3) is 22.6 Å². The second-order valence-corrected chi connectivity index (χ2v) is 5.50. The van der Waals surface area contributed by atoms with Crippen molar-refractivity contribution in [2.75, 3.05) is 6.54 Å². The van der Waals surface area contributed by atoms with Crippen LogP contribution in [0, 0.1) is 0 Å². The quantitative estimate of drug-likeness (QED) is 0.800. The summed E-state index contributed by atoms with van der Waals surface area (Å²) in [6, 6.07) is 10.3. The highest BCUT2D eigenvalue weighted by Crippen LogP contribution is 2.27. The third-order valence-corrected chi connectivity index (χ3v) is 3.94. The summed E-state index contributed by atoms with van der Waals surface area (Å²) < 4.78 is 11.5. The Morgan fingerprint density at radius 2 is 2.10 bits per heavy atom. The summed E-state index contributed by atoms with van der Waals surface area (Å²) in [5.74, 6) is 1.76. The molecular formula is C16H17N3O2. The summed E-state index contributed by atoms with van der Waals surface area (Å²) in [5, 5.41) is 12.8. The van der Waals surface area contributed by atoms with Crippen LogP contribution in [0.3, 0.4) is 0 Å². The van der Waals surface area contributed by atoms with Gasteiger partial charge in [-0.15, -0.1) is 10.2 Å². The Balaban J connectivity index is 1.55. The van der Waals surface area contributed by atoms with Gasteiger partial charge in [-0.2, -0.15) is 0 Å². The lowest BCUT2D eigenvalue weighted by Gasteiger charge is -2.21. The van der Waals surface area contributed by atoms with E-state index in [1.165, 1.54) is 19.3 Å². The normalized spacial score (nSPS) is 19.1. The molecule has 0 bridgehead atoms. The van der Waals surface area contributed by atoms with Crippen molar-refractivity contribution in [2.24, 2.45) is 0 Å². The van der Waals surface area contributed by atoms with Crippen LogP contribution < -0.4 is 5.32 Å². The number of benzene rings is 1. The van der Waals surface area contributed by atoms with Crippen LogP contribution in [-0.2, 0) is 6.42 Å². The standard InChI is InChI=1S/C16H17N3O2/c1-2-7-13-11(5-1)9-14(20-13)16-19-18-15(21-16)10-12-6-3-4-8-17-12/h1-2,5,7,9,12,17H,3-4,6,8,10H2. The molecule has 0 saturated carbocycles. The van der Waals surface area contributed by atoms with Crippen molar-refractivity contribution in [3.8, 4) is 11.7 Å². The number of nitrogens with one attached hydrogen (secondary N) is 1. The Hall–Kier alpha value is -2.14. The minimum atomic E-state index is 0.447. The molecule has 5 nitrogen and oxygen atoms in total. The first kappa shape index (κ1) is 12.6. The van der Waals surface area contributed by atoms with Gasteiger partial charge in [0.05, 0.1) is 0 Å². The first-order valence-corrected chi connectivity index (χ1v) is 7.43. The molecule has 1 aromatic carbocycles. The molecule has 21 heavy (non-hydrogen) atoms. The summed E-state index contributed by atoms with van der Waals surface area (Å²) >= 11 is 0. The Kier molecular flexibility index (Phi) is 3.20. The number of piperidine rings is 1. The van der Waals surface area contributed by atoms with Crippen molar-refractivity contribution < 1.29 is 8.83 Å². The number of para-hydroxylation sites is 1. The van der Waals surface area contributed by atoms with E-state index in [4.69, 9.17) is 8.83 Å². The summed E-state index contributed by atoms with van der Waals surface area (Å²) in [4.78, 5) is 0. The number of fused-ring (bicyclic) bond motifs is 1. The Morgan fingerprint density at radius 1 is 1.14 bits per heavy atom. The highest BCUT2D eigenvalue weighted by atomic mass is 16.4. The second-order valence-electron chi connectivity index (χ2n) is 5.50. The molecule has 108 valence electrons. The molecule has 1 unspecified atom stereocenters.